The summed E-state index contributed by atoms with van der Waals surface area (Å²) < 4.78 is 0. The number of anilines is 1. The molecule has 0 bridgehead atoms. The van der Waals surface area contributed by atoms with Gasteiger partial charge in [0.1, 0.15) is 16.7 Å². The molecule has 0 aliphatic heterocycles. The Morgan fingerprint density at radius 1 is 1.36 bits per heavy atom. The molecule has 0 fully saturated rings. The molecule has 1 aromatic rings. The summed E-state index contributed by atoms with van der Waals surface area (Å²) >= 11 is 1.71. The zero-order valence-corrected chi connectivity index (χ0v) is 9.61. The van der Waals surface area contributed by atoms with Crippen LogP contribution in [-0.2, 0) is 6.42 Å². The number of thioether (sulfide) groups is 1. The molecule has 14 heavy (non-hydrogen) atoms. The van der Waals surface area contributed by atoms with Gasteiger partial charge in [0, 0.05) is 12.0 Å². The summed E-state index contributed by atoms with van der Waals surface area (Å²) in [4.78, 5) is 8.74. The van der Waals surface area contributed by atoms with Crippen LogP contribution in [0.5, 0.6) is 0 Å². The second-order valence-corrected chi connectivity index (χ2v) is 4.10. The second-order valence-electron chi connectivity index (χ2n) is 2.85. The summed E-state index contributed by atoms with van der Waals surface area (Å²) in [6.45, 7) is 6.12. The van der Waals surface area contributed by atoms with Gasteiger partial charge in [-0.1, -0.05) is 13.8 Å². The van der Waals surface area contributed by atoms with Gasteiger partial charge in [-0.15, -0.1) is 11.8 Å². The number of nitrogen functional groups attached to an aromatic ring is 1. The first-order valence-electron chi connectivity index (χ1n) is 4.69. The minimum atomic E-state index is 0.729. The lowest BCUT2D eigenvalue weighted by Gasteiger charge is -2.09. The van der Waals surface area contributed by atoms with Crippen molar-refractivity contribution in [1.82, 2.24) is 9.97 Å². The Hall–Kier alpha value is -0.810. The standard InChI is InChI=1S/C9H16N4S/c1-4-7-11-8(13-10)6(3)9(12-7)14-5-2/h4-5,10H2,1-3H3,(H,11,12,13). The van der Waals surface area contributed by atoms with Gasteiger partial charge in [-0.05, 0) is 12.7 Å². The van der Waals surface area contributed by atoms with Crippen molar-refractivity contribution in [2.45, 2.75) is 32.2 Å². The van der Waals surface area contributed by atoms with E-state index in [2.05, 4.69) is 22.3 Å². The maximum Gasteiger partial charge on any atom is 0.147 e. The Bertz CT molecular complexity index is 314. The minimum Gasteiger partial charge on any atom is -0.308 e. The van der Waals surface area contributed by atoms with E-state index in [1.54, 1.807) is 11.8 Å². The molecule has 1 heterocycles. The Labute approximate surface area is 88.7 Å². The van der Waals surface area contributed by atoms with Crippen LogP contribution in [0.25, 0.3) is 0 Å². The molecule has 0 unspecified atom stereocenters. The van der Waals surface area contributed by atoms with Gasteiger partial charge < -0.3 is 5.43 Å². The smallest absolute Gasteiger partial charge is 0.147 e. The van der Waals surface area contributed by atoms with Crippen molar-refractivity contribution in [2.75, 3.05) is 11.2 Å². The fraction of sp³-hybridized carbons (Fsp3) is 0.556. The first kappa shape index (κ1) is 11.3. The third kappa shape index (κ3) is 2.36. The zero-order chi connectivity index (χ0) is 10.6. The molecule has 78 valence electrons. The van der Waals surface area contributed by atoms with Crippen LogP contribution in [0.3, 0.4) is 0 Å². The normalized spacial score (nSPS) is 10.3. The van der Waals surface area contributed by atoms with Crippen LogP contribution < -0.4 is 11.3 Å². The van der Waals surface area contributed by atoms with Crippen molar-refractivity contribution < 1.29 is 0 Å². The first-order valence-corrected chi connectivity index (χ1v) is 5.68. The molecule has 0 radical (unpaired) electrons. The molecule has 0 aliphatic carbocycles. The van der Waals surface area contributed by atoms with Crippen LogP contribution in [-0.4, -0.2) is 15.7 Å². The maximum absolute atomic E-state index is 5.39. The number of hydrogen-bond donors (Lipinski definition) is 2. The van der Waals surface area contributed by atoms with Crippen LogP contribution in [0.2, 0.25) is 0 Å². The van der Waals surface area contributed by atoms with Gasteiger partial charge in [0.05, 0.1) is 0 Å². The van der Waals surface area contributed by atoms with Gasteiger partial charge in [0.15, 0.2) is 0 Å². The van der Waals surface area contributed by atoms with E-state index in [0.29, 0.717) is 0 Å². The molecular weight excluding hydrogens is 196 g/mol. The van der Waals surface area contributed by atoms with Crippen molar-refractivity contribution in [3.8, 4) is 0 Å². The van der Waals surface area contributed by atoms with Gasteiger partial charge in [0.2, 0.25) is 0 Å². The molecule has 0 aromatic carbocycles. The Morgan fingerprint density at radius 3 is 2.57 bits per heavy atom. The van der Waals surface area contributed by atoms with Gasteiger partial charge in [-0.25, -0.2) is 15.8 Å². The van der Waals surface area contributed by atoms with Crippen LogP contribution >= 0.6 is 11.8 Å². The fourth-order valence-electron chi connectivity index (χ4n) is 1.12. The SMILES string of the molecule is CCSc1nc(CC)nc(NN)c1C. The van der Waals surface area contributed by atoms with Crippen LogP contribution in [0.1, 0.15) is 25.2 Å². The monoisotopic (exact) mass is 212 g/mol. The molecule has 4 nitrogen and oxygen atoms in total. The van der Waals surface area contributed by atoms with Crippen molar-refractivity contribution >= 4 is 17.6 Å². The number of rotatable bonds is 4. The summed E-state index contributed by atoms with van der Waals surface area (Å²) in [7, 11) is 0. The Morgan fingerprint density at radius 2 is 2.07 bits per heavy atom. The Balaban J connectivity index is 3.12. The number of hydrazine groups is 1. The molecule has 0 amide bonds. The summed E-state index contributed by atoms with van der Waals surface area (Å²) in [5.74, 6) is 7.96. The number of aromatic nitrogens is 2. The summed E-state index contributed by atoms with van der Waals surface area (Å²) in [6, 6.07) is 0. The molecule has 0 atom stereocenters. The largest absolute Gasteiger partial charge is 0.308 e. The number of nitrogens with one attached hydrogen (secondary N) is 1. The van der Waals surface area contributed by atoms with Crippen molar-refractivity contribution in [2.24, 2.45) is 5.84 Å². The van der Waals surface area contributed by atoms with Gasteiger partial charge in [-0.3, -0.25) is 0 Å². The molecule has 0 aliphatic rings. The van der Waals surface area contributed by atoms with Crippen LogP contribution in [0.4, 0.5) is 5.82 Å². The third-order valence-electron chi connectivity index (χ3n) is 1.88. The highest BCUT2D eigenvalue weighted by atomic mass is 32.2. The van der Waals surface area contributed by atoms with Crippen LogP contribution in [0.15, 0.2) is 5.03 Å². The summed E-state index contributed by atoms with van der Waals surface area (Å²) in [5, 5.41) is 1.02. The van der Waals surface area contributed by atoms with Gasteiger partial charge >= 0.3 is 0 Å². The molecule has 0 saturated heterocycles. The average Bonchev–Trinajstić information content (AvgIpc) is 2.21. The molecule has 1 rings (SSSR count). The van der Waals surface area contributed by atoms with E-state index >= 15 is 0 Å². The van der Waals surface area contributed by atoms with Crippen molar-refractivity contribution in [1.29, 1.82) is 0 Å². The lowest BCUT2D eigenvalue weighted by Crippen LogP contribution is -2.13. The topological polar surface area (TPSA) is 63.8 Å². The molecular formula is C9H16N4S. The Kier molecular flexibility index (Phi) is 4.16. The van der Waals surface area contributed by atoms with E-state index in [-0.39, 0.29) is 0 Å². The van der Waals surface area contributed by atoms with Crippen molar-refractivity contribution in [3.63, 3.8) is 0 Å². The van der Waals surface area contributed by atoms with E-state index in [1.807, 2.05) is 13.8 Å². The third-order valence-corrected chi connectivity index (χ3v) is 2.84. The molecule has 5 heteroatoms. The summed E-state index contributed by atoms with van der Waals surface area (Å²) in [6.07, 6.45) is 0.826. The predicted octanol–water partition coefficient (Wildman–Crippen LogP) is 1.75. The molecule has 0 saturated carbocycles. The highest BCUT2D eigenvalue weighted by Crippen LogP contribution is 2.24. The van der Waals surface area contributed by atoms with Crippen LogP contribution in [0, 0.1) is 6.92 Å². The zero-order valence-electron chi connectivity index (χ0n) is 8.79. The van der Waals surface area contributed by atoms with E-state index < -0.39 is 0 Å². The predicted molar refractivity (Wildman–Crippen MR) is 60.4 cm³/mol. The van der Waals surface area contributed by atoms with E-state index in [4.69, 9.17) is 5.84 Å². The van der Waals surface area contributed by atoms with Crippen molar-refractivity contribution in [3.05, 3.63) is 11.4 Å². The second kappa shape index (κ2) is 5.17. The lowest BCUT2D eigenvalue weighted by molar-refractivity contribution is 0.872. The van der Waals surface area contributed by atoms with E-state index in [9.17, 15) is 0 Å². The summed E-state index contributed by atoms with van der Waals surface area (Å²) in [5.41, 5.74) is 3.63. The van der Waals surface area contributed by atoms with E-state index in [0.717, 1.165) is 34.4 Å². The fourth-order valence-corrected chi connectivity index (χ4v) is 1.87. The van der Waals surface area contributed by atoms with Gasteiger partial charge in [0.25, 0.3) is 0 Å². The van der Waals surface area contributed by atoms with Gasteiger partial charge in [-0.2, -0.15) is 0 Å². The number of hydrogen-bond acceptors (Lipinski definition) is 5. The highest BCUT2D eigenvalue weighted by Gasteiger charge is 2.08. The number of nitrogens with zero attached hydrogens (tertiary/aromatic N) is 2. The minimum absolute atomic E-state index is 0.729. The first-order chi connectivity index (χ1) is 6.72. The quantitative estimate of drug-likeness (QED) is 0.344. The molecule has 3 N–H and O–H groups in total. The average molecular weight is 212 g/mol. The number of aryl methyl sites for hydroxylation is 1. The van der Waals surface area contributed by atoms with E-state index in [1.165, 1.54) is 0 Å². The molecule has 0 spiro atoms. The highest BCUT2D eigenvalue weighted by molar-refractivity contribution is 7.99. The number of nitrogens with two attached hydrogens (primary N) is 1. The lowest BCUT2D eigenvalue weighted by atomic mass is 10.3. The molecule has 1 aromatic heterocycles. The maximum atomic E-state index is 5.39.